The number of hydrogen-bond acceptors (Lipinski definition) is 4. The number of rotatable bonds is 3. The van der Waals surface area contributed by atoms with Crippen LogP contribution in [0.2, 0.25) is 0 Å². The molecule has 5 heteroatoms. The Hall–Kier alpha value is -6.45. The first-order chi connectivity index (χ1) is 33.2. The number of anilines is 9. The van der Waals surface area contributed by atoms with E-state index < -0.39 is 6.04 Å². The molecule has 13 rings (SSSR count). The summed E-state index contributed by atoms with van der Waals surface area (Å²) < 4.78 is 0. The SMILES string of the molecule is CC(C)(C)c1cc2c3c(c1)N(c1ccc4ccccc4c1)c1cc(C(C)(C)C)cc4c1P3(=S)c1c(cc(C(C)(C)C)cc1N4c1ccc3ccccc3c1)N2c1ccc2c(c1)C(C)(C)c1ccccc1-2. The van der Waals surface area contributed by atoms with E-state index in [-0.39, 0.29) is 21.7 Å². The first kappa shape index (κ1) is 43.6. The van der Waals surface area contributed by atoms with E-state index in [9.17, 15) is 0 Å². The summed E-state index contributed by atoms with van der Waals surface area (Å²) in [4.78, 5) is 7.86. The molecule has 0 saturated heterocycles. The third-order valence-corrected chi connectivity index (χ3v) is 20.9. The van der Waals surface area contributed by atoms with Gasteiger partial charge in [-0.2, -0.15) is 0 Å². The van der Waals surface area contributed by atoms with Crippen LogP contribution >= 0.6 is 6.04 Å². The second-order valence-corrected chi connectivity index (χ2v) is 28.1. The quantitative estimate of drug-likeness (QED) is 0.163. The Morgan fingerprint density at radius 2 is 0.686 bits per heavy atom. The molecule has 0 spiro atoms. The predicted octanol–water partition coefficient (Wildman–Crippen LogP) is 17.3. The minimum Gasteiger partial charge on any atom is -0.309 e. The fourth-order valence-corrected chi connectivity index (χ4v) is 17.4. The Kier molecular flexibility index (Phi) is 8.92. The van der Waals surface area contributed by atoms with Gasteiger partial charge in [0, 0.05) is 38.4 Å². The van der Waals surface area contributed by atoms with Crippen LogP contribution in [0.15, 0.2) is 164 Å². The Bertz CT molecular complexity index is 3640. The third-order valence-electron chi connectivity index (χ3n) is 16.0. The van der Waals surface area contributed by atoms with Crippen LogP contribution < -0.4 is 30.6 Å². The normalized spacial score (nSPS) is 15.8. The van der Waals surface area contributed by atoms with Gasteiger partial charge in [-0.1, -0.05) is 179 Å². The van der Waals surface area contributed by atoms with Crippen LogP contribution in [0.3, 0.4) is 0 Å². The Morgan fingerprint density at radius 3 is 1.09 bits per heavy atom. The first-order valence-electron chi connectivity index (χ1n) is 25.0. The zero-order chi connectivity index (χ0) is 48.6. The van der Waals surface area contributed by atoms with E-state index in [1.807, 2.05) is 0 Å². The van der Waals surface area contributed by atoms with Crippen LogP contribution in [0.5, 0.6) is 0 Å². The lowest BCUT2D eigenvalue weighted by Gasteiger charge is -2.53. The lowest BCUT2D eigenvalue weighted by Crippen LogP contribution is -2.48. The van der Waals surface area contributed by atoms with Crippen LogP contribution in [0, 0.1) is 0 Å². The molecule has 3 heterocycles. The summed E-state index contributed by atoms with van der Waals surface area (Å²) in [6, 6.07) is 60.1. The summed E-state index contributed by atoms with van der Waals surface area (Å²) in [6.07, 6.45) is 0. The molecular weight excluding hydrogens is 886 g/mol. The van der Waals surface area contributed by atoms with Gasteiger partial charge in [-0.25, -0.2) is 0 Å². The molecule has 0 saturated carbocycles. The van der Waals surface area contributed by atoms with Gasteiger partial charge in [-0.3, -0.25) is 0 Å². The first-order valence-corrected chi connectivity index (χ1v) is 27.8. The maximum absolute atomic E-state index is 7.85. The maximum Gasteiger partial charge on any atom is 0.0576 e. The van der Waals surface area contributed by atoms with Crippen molar-refractivity contribution in [2.24, 2.45) is 0 Å². The van der Waals surface area contributed by atoms with Crippen molar-refractivity contribution in [3.8, 4) is 11.1 Å². The molecule has 0 radical (unpaired) electrons. The summed E-state index contributed by atoms with van der Waals surface area (Å²) in [5.41, 5.74) is 19.2. The van der Waals surface area contributed by atoms with E-state index in [1.165, 1.54) is 111 Å². The highest BCUT2D eigenvalue weighted by Crippen LogP contribution is 2.68. The number of nitrogens with zero attached hydrogens (tertiary/aromatic N) is 3. The lowest BCUT2D eigenvalue weighted by molar-refractivity contribution is 0.590. The minimum atomic E-state index is -2.85. The predicted molar refractivity (Wildman–Crippen MR) is 306 cm³/mol. The van der Waals surface area contributed by atoms with Crippen LogP contribution in [0.25, 0.3) is 32.7 Å². The highest BCUT2D eigenvalue weighted by atomic mass is 32.4. The molecular formula is C65H60N3PS. The van der Waals surface area contributed by atoms with Crippen LogP contribution in [0.4, 0.5) is 51.2 Å². The Morgan fingerprint density at radius 1 is 0.357 bits per heavy atom. The largest absolute Gasteiger partial charge is 0.309 e. The van der Waals surface area contributed by atoms with E-state index in [0.29, 0.717) is 0 Å². The number of fused-ring (bicyclic) bond motifs is 5. The lowest BCUT2D eigenvalue weighted by atomic mass is 9.82. The fraction of sp³-hybridized carbons (Fsp3) is 0.231. The zero-order valence-corrected chi connectivity index (χ0v) is 44.0. The molecule has 0 N–H and O–H groups in total. The minimum absolute atomic E-state index is 0.162. The van der Waals surface area contributed by atoms with Gasteiger partial charge in [0.25, 0.3) is 0 Å². The molecule has 70 heavy (non-hydrogen) atoms. The smallest absolute Gasteiger partial charge is 0.0576 e. The zero-order valence-electron chi connectivity index (χ0n) is 42.3. The van der Waals surface area contributed by atoms with Crippen molar-refractivity contribution in [1.82, 2.24) is 0 Å². The van der Waals surface area contributed by atoms with Crippen molar-refractivity contribution in [3.63, 3.8) is 0 Å². The average molecular weight is 946 g/mol. The van der Waals surface area contributed by atoms with E-state index in [0.717, 1.165) is 17.1 Å². The van der Waals surface area contributed by atoms with Crippen molar-refractivity contribution in [1.29, 1.82) is 0 Å². The molecule has 0 bridgehead atoms. The van der Waals surface area contributed by atoms with Crippen LogP contribution in [-0.4, -0.2) is 0 Å². The van der Waals surface area contributed by atoms with Gasteiger partial charge < -0.3 is 14.7 Å². The molecule has 3 nitrogen and oxygen atoms in total. The molecule has 9 aromatic rings. The molecule has 9 aromatic carbocycles. The second kappa shape index (κ2) is 14.3. The Labute approximate surface area is 419 Å². The molecule has 0 aromatic heterocycles. The van der Waals surface area contributed by atoms with E-state index >= 15 is 0 Å². The average Bonchev–Trinajstić information content (AvgIpc) is 3.55. The summed E-state index contributed by atoms with van der Waals surface area (Å²) in [5.74, 6) is 0. The number of hydrogen-bond donors (Lipinski definition) is 0. The number of benzene rings is 9. The molecule has 346 valence electrons. The van der Waals surface area contributed by atoms with Crippen molar-refractivity contribution in [3.05, 3.63) is 192 Å². The van der Waals surface area contributed by atoms with Gasteiger partial charge in [0.05, 0.1) is 40.2 Å². The van der Waals surface area contributed by atoms with Gasteiger partial charge in [-0.05, 0) is 150 Å². The monoisotopic (exact) mass is 945 g/mol. The van der Waals surface area contributed by atoms with Gasteiger partial charge in [0.2, 0.25) is 0 Å². The van der Waals surface area contributed by atoms with E-state index in [4.69, 9.17) is 11.8 Å². The Balaban J connectivity index is 1.22. The van der Waals surface area contributed by atoms with Gasteiger partial charge >= 0.3 is 0 Å². The summed E-state index contributed by atoms with van der Waals surface area (Å²) in [6.45, 7) is 26.0. The fourth-order valence-electron chi connectivity index (χ4n) is 12.1. The topological polar surface area (TPSA) is 9.72 Å². The molecule has 4 aliphatic rings. The molecule has 0 amide bonds. The summed E-state index contributed by atoms with van der Waals surface area (Å²) in [5, 5.41) is 8.72. The van der Waals surface area contributed by atoms with Crippen LogP contribution in [-0.2, 0) is 33.5 Å². The van der Waals surface area contributed by atoms with Gasteiger partial charge in [-0.15, -0.1) is 0 Å². The van der Waals surface area contributed by atoms with Gasteiger partial charge in [0.1, 0.15) is 0 Å². The van der Waals surface area contributed by atoms with Crippen molar-refractivity contribution in [2.75, 3.05) is 14.7 Å². The van der Waals surface area contributed by atoms with Crippen molar-refractivity contribution < 1.29 is 0 Å². The van der Waals surface area contributed by atoms with Crippen molar-refractivity contribution >= 4 is 106 Å². The highest BCUT2D eigenvalue weighted by molar-refractivity contribution is 8.26. The third kappa shape index (κ3) is 6.02. The summed E-state index contributed by atoms with van der Waals surface area (Å²) >= 11 is 7.85. The molecule has 0 unspecified atom stereocenters. The van der Waals surface area contributed by atoms with Crippen molar-refractivity contribution in [2.45, 2.75) is 97.8 Å². The summed E-state index contributed by atoms with van der Waals surface area (Å²) in [7, 11) is 0. The molecule has 0 fully saturated rings. The molecule has 1 aliphatic carbocycles. The molecule has 0 atom stereocenters. The maximum atomic E-state index is 7.85. The molecule has 3 aliphatic heterocycles. The van der Waals surface area contributed by atoms with Gasteiger partial charge in [0.15, 0.2) is 0 Å². The van der Waals surface area contributed by atoms with E-state index in [2.05, 4.69) is 255 Å². The standard InChI is InChI=1S/C65H60N3PS/c1-62(2,3)43-32-53-59-54(33-43)67(47-27-25-40-19-13-15-21-42(40)31-47)56-35-45(64(7,8)9)37-58-61(56)69(59,70)60-55(66(53)46-26-24-39-18-12-14-20-41(39)30-46)34-44(63(4,5)6)36-57(60)68(58)48-28-29-50-49-22-16-17-23-51(49)65(10,11)52(50)38-48/h12-38H,1-11H3. The second-order valence-electron chi connectivity index (χ2n) is 23.9. The highest BCUT2D eigenvalue weighted by Gasteiger charge is 2.53. The van der Waals surface area contributed by atoms with E-state index in [1.54, 1.807) is 0 Å². The van der Waals surface area contributed by atoms with Crippen LogP contribution in [0.1, 0.15) is 104 Å².